The zero-order valence-electron chi connectivity index (χ0n) is 26.3. The van der Waals surface area contributed by atoms with Gasteiger partial charge in [-0.1, -0.05) is 24.8 Å². The van der Waals surface area contributed by atoms with Crippen molar-refractivity contribution in [3.63, 3.8) is 0 Å². The van der Waals surface area contributed by atoms with E-state index >= 15 is 0 Å². The Labute approximate surface area is 274 Å². The fourth-order valence-corrected chi connectivity index (χ4v) is 5.65. The van der Waals surface area contributed by atoms with Crippen molar-refractivity contribution in [3.8, 4) is 11.5 Å². The van der Waals surface area contributed by atoms with Crippen LogP contribution in [0.5, 0.6) is 11.5 Å². The smallest absolute Gasteiger partial charge is 0.251 e. The summed E-state index contributed by atoms with van der Waals surface area (Å²) in [5.41, 5.74) is 8.03. The van der Waals surface area contributed by atoms with Crippen LogP contribution < -0.4 is 20.5 Å². The van der Waals surface area contributed by atoms with E-state index in [0.29, 0.717) is 68.2 Å². The van der Waals surface area contributed by atoms with Gasteiger partial charge in [0.1, 0.15) is 23.7 Å². The molecule has 0 unspecified atom stereocenters. The number of rotatable bonds is 11. The summed E-state index contributed by atoms with van der Waals surface area (Å²) in [5, 5.41) is 2.95. The third kappa shape index (κ3) is 9.32. The molecule has 0 atom stereocenters. The molecule has 2 fully saturated rings. The molecule has 47 heavy (non-hydrogen) atoms. The molecule has 5 rings (SSSR count). The van der Waals surface area contributed by atoms with E-state index < -0.39 is 5.91 Å². The second-order valence-electron chi connectivity index (χ2n) is 11.7. The number of amides is 4. The summed E-state index contributed by atoms with van der Waals surface area (Å²) in [5.74, 6) is 0.572. The Bertz CT molecular complexity index is 1600. The summed E-state index contributed by atoms with van der Waals surface area (Å²) >= 11 is 0. The first-order valence-corrected chi connectivity index (χ1v) is 15.9. The van der Waals surface area contributed by atoms with Crippen LogP contribution >= 0.6 is 0 Å². The molecule has 2 saturated heterocycles. The Kier molecular flexibility index (Phi) is 11.1. The zero-order chi connectivity index (χ0) is 33.2. The number of hydrogen-bond acceptors (Lipinski definition) is 6. The number of benzene rings is 3. The number of carbonyl (C=O) groups excluding carboxylic acids is 4. The minimum absolute atomic E-state index is 0.00869. The molecule has 2 aliphatic heterocycles. The molecule has 10 nitrogen and oxygen atoms in total. The van der Waals surface area contributed by atoms with Crippen LogP contribution in [0.2, 0.25) is 0 Å². The molecular formula is C37H40N4O6. The van der Waals surface area contributed by atoms with Gasteiger partial charge in [0.2, 0.25) is 17.7 Å². The highest BCUT2D eigenvalue weighted by Gasteiger charge is 2.24. The minimum atomic E-state index is -0.479. The van der Waals surface area contributed by atoms with E-state index in [1.54, 1.807) is 65.6 Å². The topological polar surface area (TPSA) is 131 Å². The number of carbonyl (C=O) groups is 4. The van der Waals surface area contributed by atoms with Crippen LogP contribution in [0.15, 0.2) is 91.5 Å². The molecule has 10 heteroatoms. The number of likely N-dealkylation sites (tertiary alicyclic amines) is 2. The van der Waals surface area contributed by atoms with Crippen LogP contribution in [0.4, 0.5) is 0 Å². The predicted molar refractivity (Wildman–Crippen MR) is 179 cm³/mol. The van der Waals surface area contributed by atoms with Gasteiger partial charge in [-0.15, -0.1) is 0 Å². The number of nitrogens with one attached hydrogen (secondary N) is 1. The molecule has 0 radical (unpaired) electrons. The van der Waals surface area contributed by atoms with E-state index in [0.717, 1.165) is 24.0 Å². The lowest BCUT2D eigenvalue weighted by Crippen LogP contribution is -2.41. The number of piperidine rings is 2. The highest BCUT2D eigenvalue weighted by Crippen LogP contribution is 2.22. The van der Waals surface area contributed by atoms with Crippen LogP contribution in [-0.4, -0.2) is 71.8 Å². The normalized spacial score (nSPS) is 15.7. The average Bonchev–Trinajstić information content (AvgIpc) is 3.10. The van der Waals surface area contributed by atoms with Gasteiger partial charge in [0, 0.05) is 75.6 Å². The minimum Gasteiger partial charge on any atom is -0.490 e. The fourth-order valence-electron chi connectivity index (χ4n) is 5.65. The Hall–Kier alpha value is -5.38. The lowest BCUT2D eigenvalue weighted by molar-refractivity contribution is -0.128. The Morgan fingerprint density at radius 1 is 0.766 bits per heavy atom. The van der Waals surface area contributed by atoms with Gasteiger partial charge < -0.3 is 30.3 Å². The van der Waals surface area contributed by atoms with Gasteiger partial charge in [0.15, 0.2) is 0 Å². The number of hydrogen-bond donors (Lipinski definition) is 2. The highest BCUT2D eigenvalue weighted by atomic mass is 16.5. The molecule has 3 aromatic carbocycles. The molecule has 244 valence electrons. The van der Waals surface area contributed by atoms with Crippen molar-refractivity contribution in [1.29, 1.82) is 0 Å². The summed E-state index contributed by atoms with van der Waals surface area (Å²) < 4.78 is 12.1. The largest absolute Gasteiger partial charge is 0.490 e. The number of primary amides is 1. The van der Waals surface area contributed by atoms with E-state index in [1.165, 1.54) is 6.08 Å². The molecule has 0 spiro atoms. The fraction of sp³-hybridized carbons (Fsp3) is 0.297. The molecule has 0 bridgehead atoms. The van der Waals surface area contributed by atoms with E-state index in [4.69, 9.17) is 15.2 Å². The molecule has 3 aromatic rings. The molecule has 0 saturated carbocycles. The van der Waals surface area contributed by atoms with Gasteiger partial charge in [0.05, 0.1) is 0 Å². The van der Waals surface area contributed by atoms with Crippen molar-refractivity contribution in [2.24, 2.45) is 5.73 Å². The van der Waals surface area contributed by atoms with E-state index in [2.05, 4.69) is 11.9 Å². The number of nitrogens with two attached hydrogens (primary N) is 1. The third-order valence-electron chi connectivity index (χ3n) is 8.37. The average molecular weight is 637 g/mol. The lowest BCUT2D eigenvalue weighted by atomic mass is 10.1. The Morgan fingerprint density at radius 3 is 1.83 bits per heavy atom. The summed E-state index contributed by atoms with van der Waals surface area (Å²) in [4.78, 5) is 52.2. The summed E-state index contributed by atoms with van der Waals surface area (Å²) in [7, 11) is 0. The maximum absolute atomic E-state index is 12.9. The van der Waals surface area contributed by atoms with Crippen molar-refractivity contribution in [1.82, 2.24) is 15.1 Å². The standard InChI is InChI=1S/C37H40N4O6/c1-2-34(42)40-20-16-32(17-21-40)47-31-13-9-29(10-14-31)37(45)39-25-27-5-3-4-26(24-27)6-15-35(43)41-22-18-33(19-23-41)46-30-11-7-28(8-12-30)36(38)44/h2-15,24,32-33H,1,16-23,25H2,(H2,38,44)(H,39,45)/b15-6+. The number of ether oxygens (including phenoxy) is 2. The first-order valence-electron chi connectivity index (χ1n) is 15.9. The monoisotopic (exact) mass is 636 g/mol. The zero-order valence-corrected chi connectivity index (χ0v) is 26.3. The van der Waals surface area contributed by atoms with Gasteiger partial charge in [-0.25, -0.2) is 0 Å². The van der Waals surface area contributed by atoms with E-state index in [1.807, 2.05) is 29.2 Å². The highest BCUT2D eigenvalue weighted by molar-refractivity contribution is 5.94. The molecule has 2 heterocycles. The second-order valence-corrected chi connectivity index (χ2v) is 11.7. The van der Waals surface area contributed by atoms with Crippen LogP contribution in [0, 0.1) is 0 Å². The lowest BCUT2D eigenvalue weighted by Gasteiger charge is -2.31. The maximum Gasteiger partial charge on any atom is 0.251 e. The first-order chi connectivity index (χ1) is 22.8. The molecule has 0 aliphatic carbocycles. The van der Waals surface area contributed by atoms with Crippen molar-refractivity contribution in [2.75, 3.05) is 26.2 Å². The van der Waals surface area contributed by atoms with Crippen LogP contribution in [0.3, 0.4) is 0 Å². The van der Waals surface area contributed by atoms with Gasteiger partial charge in [-0.3, -0.25) is 19.2 Å². The van der Waals surface area contributed by atoms with Gasteiger partial charge in [0.25, 0.3) is 5.91 Å². The van der Waals surface area contributed by atoms with Crippen molar-refractivity contribution in [3.05, 3.63) is 114 Å². The Morgan fingerprint density at radius 2 is 1.30 bits per heavy atom. The van der Waals surface area contributed by atoms with Crippen LogP contribution in [-0.2, 0) is 16.1 Å². The predicted octanol–water partition coefficient (Wildman–Crippen LogP) is 4.35. The van der Waals surface area contributed by atoms with Crippen LogP contribution in [0.25, 0.3) is 6.08 Å². The maximum atomic E-state index is 12.9. The molecule has 3 N–H and O–H groups in total. The van der Waals surface area contributed by atoms with Gasteiger partial charge in [-0.2, -0.15) is 0 Å². The summed E-state index contributed by atoms with van der Waals surface area (Å²) in [6, 6.07) is 21.5. The van der Waals surface area contributed by atoms with Crippen LogP contribution in [0.1, 0.15) is 57.5 Å². The third-order valence-corrected chi connectivity index (χ3v) is 8.37. The Balaban J connectivity index is 1.04. The van der Waals surface area contributed by atoms with Crippen molar-refractivity contribution in [2.45, 2.75) is 44.4 Å². The molecule has 4 amide bonds. The van der Waals surface area contributed by atoms with Crippen molar-refractivity contribution < 1.29 is 28.7 Å². The summed E-state index contributed by atoms with van der Waals surface area (Å²) in [6.07, 6.45) is 7.63. The van der Waals surface area contributed by atoms with Gasteiger partial charge >= 0.3 is 0 Å². The number of nitrogens with zero attached hydrogens (tertiary/aromatic N) is 2. The first kappa shape index (κ1) is 33.0. The van der Waals surface area contributed by atoms with Crippen molar-refractivity contribution >= 4 is 29.7 Å². The van der Waals surface area contributed by atoms with E-state index in [9.17, 15) is 19.2 Å². The molecule has 2 aliphatic rings. The quantitative estimate of drug-likeness (QED) is 0.301. The molecule has 0 aromatic heterocycles. The van der Waals surface area contributed by atoms with E-state index in [-0.39, 0.29) is 29.9 Å². The van der Waals surface area contributed by atoms with Gasteiger partial charge in [-0.05, 0) is 77.9 Å². The SMILES string of the molecule is C=CC(=O)N1CCC(Oc2ccc(C(=O)NCc3cccc(/C=C/C(=O)N4CCC(Oc5ccc(C(N)=O)cc5)CC4)c3)cc2)CC1. The second kappa shape index (κ2) is 15.8. The summed E-state index contributed by atoms with van der Waals surface area (Å²) in [6.45, 7) is 6.33. The molecular weight excluding hydrogens is 596 g/mol.